The van der Waals surface area contributed by atoms with Gasteiger partial charge in [-0.2, -0.15) is 0 Å². The highest BCUT2D eigenvalue weighted by atomic mass is 32.1. The number of aryl methyl sites for hydroxylation is 1. The third kappa shape index (κ3) is 4.56. The van der Waals surface area contributed by atoms with E-state index in [4.69, 9.17) is 4.74 Å². The van der Waals surface area contributed by atoms with E-state index in [1.54, 1.807) is 0 Å². The van der Waals surface area contributed by atoms with Crippen LogP contribution in [0.1, 0.15) is 38.8 Å². The first-order valence-electron chi connectivity index (χ1n) is 7.58. The first-order valence-corrected chi connectivity index (χ1v) is 8.40. The largest absolute Gasteiger partial charge is 0.494 e. The lowest BCUT2D eigenvalue weighted by Crippen LogP contribution is -2.04. The van der Waals surface area contributed by atoms with Crippen molar-refractivity contribution < 1.29 is 9.53 Å². The Morgan fingerprint density at radius 2 is 2.00 bits per heavy atom. The van der Waals surface area contributed by atoms with Crippen LogP contribution in [0.5, 0.6) is 5.75 Å². The number of benzene rings is 1. The summed E-state index contributed by atoms with van der Waals surface area (Å²) >= 11 is 1.49. The molecule has 5 heteroatoms. The van der Waals surface area contributed by atoms with Crippen LogP contribution in [0.2, 0.25) is 0 Å². The van der Waals surface area contributed by atoms with E-state index >= 15 is 0 Å². The maximum atomic E-state index is 11.1. The molecule has 2 rings (SSSR count). The van der Waals surface area contributed by atoms with Crippen LogP contribution in [-0.4, -0.2) is 17.5 Å². The number of anilines is 1. The van der Waals surface area contributed by atoms with Gasteiger partial charge in [-0.25, -0.2) is 4.98 Å². The smallest absolute Gasteiger partial charge is 0.223 e. The minimum Gasteiger partial charge on any atom is -0.494 e. The number of thiazole rings is 1. The maximum absolute atomic E-state index is 11.1. The molecule has 118 valence electrons. The molecule has 4 nitrogen and oxygen atoms in total. The average Bonchev–Trinajstić information content (AvgIpc) is 2.84. The van der Waals surface area contributed by atoms with Gasteiger partial charge in [0.05, 0.1) is 17.2 Å². The standard InChI is InChI=1S/C17H22N2O2S/c1-4-5-6-11-21-15-9-7-14(8-10-15)16-12(2)18-17(22-16)19-13(3)20/h7-10H,4-6,11H2,1-3H3,(H,18,19,20). The van der Waals surface area contributed by atoms with Crippen LogP contribution in [0, 0.1) is 6.92 Å². The van der Waals surface area contributed by atoms with Gasteiger partial charge in [0, 0.05) is 6.92 Å². The molecular formula is C17H22N2O2S. The molecule has 0 aliphatic carbocycles. The molecule has 2 aromatic rings. The van der Waals surface area contributed by atoms with E-state index in [1.165, 1.54) is 31.1 Å². The van der Waals surface area contributed by atoms with Crippen LogP contribution in [0.25, 0.3) is 10.4 Å². The number of amides is 1. The number of carbonyl (C=O) groups excluding carboxylic acids is 1. The average molecular weight is 318 g/mol. The fraction of sp³-hybridized carbons (Fsp3) is 0.412. The number of nitrogens with zero attached hydrogens (tertiary/aromatic N) is 1. The predicted molar refractivity (Wildman–Crippen MR) is 91.6 cm³/mol. The van der Waals surface area contributed by atoms with E-state index < -0.39 is 0 Å². The van der Waals surface area contributed by atoms with Crippen molar-refractivity contribution in [3.05, 3.63) is 30.0 Å². The van der Waals surface area contributed by atoms with Crippen molar-refractivity contribution in [2.75, 3.05) is 11.9 Å². The highest BCUT2D eigenvalue weighted by molar-refractivity contribution is 7.19. The van der Waals surface area contributed by atoms with Crippen LogP contribution in [0.3, 0.4) is 0 Å². The number of hydrogen-bond acceptors (Lipinski definition) is 4. The van der Waals surface area contributed by atoms with E-state index in [0.29, 0.717) is 5.13 Å². The SMILES string of the molecule is CCCCCOc1ccc(-c2sc(NC(C)=O)nc2C)cc1. The summed E-state index contributed by atoms with van der Waals surface area (Å²) in [5.74, 6) is 0.792. The molecule has 1 aromatic heterocycles. The van der Waals surface area contributed by atoms with Gasteiger partial charge in [-0.1, -0.05) is 31.1 Å². The molecule has 0 aliphatic heterocycles. The van der Waals surface area contributed by atoms with Gasteiger partial charge in [0.15, 0.2) is 5.13 Å². The molecule has 1 N–H and O–H groups in total. The maximum Gasteiger partial charge on any atom is 0.223 e. The molecule has 1 aromatic carbocycles. The number of unbranched alkanes of at least 4 members (excludes halogenated alkanes) is 2. The molecule has 0 unspecified atom stereocenters. The number of aromatic nitrogens is 1. The van der Waals surface area contributed by atoms with Crippen molar-refractivity contribution in [2.45, 2.75) is 40.0 Å². The van der Waals surface area contributed by atoms with Crippen molar-refractivity contribution in [1.82, 2.24) is 4.98 Å². The van der Waals surface area contributed by atoms with E-state index in [-0.39, 0.29) is 5.91 Å². The summed E-state index contributed by atoms with van der Waals surface area (Å²) in [6, 6.07) is 8.04. The van der Waals surface area contributed by atoms with Crippen LogP contribution < -0.4 is 10.1 Å². The summed E-state index contributed by atoms with van der Waals surface area (Å²) in [6.45, 7) is 6.38. The molecule has 0 spiro atoms. The van der Waals surface area contributed by atoms with E-state index in [2.05, 4.69) is 17.2 Å². The van der Waals surface area contributed by atoms with Gasteiger partial charge < -0.3 is 10.1 Å². The van der Waals surface area contributed by atoms with Crippen molar-refractivity contribution in [3.63, 3.8) is 0 Å². The summed E-state index contributed by atoms with van der Waals surface area (Å²) in [5.41, 5.74) is 2.01. The van der Waals surface area contributed by atoms with Crippen molar-refractivity contribution >= 4 is 22.4 Å². The van der Waals surface area contributed by atoms with Crippen LogP contribution in [-0.2, 0) is 4.79 Å². The van der Waals surface area contributed by atoms with Gasteiger partial charge in [-0.05, 0) is 43.2 Å². The number of ether oxygens (including phenoxy) is 1. The zero-order valence-electron chi connectivity index (χ0n) is 13.3. The fourth-order valence-electron chi connectivity index (χ4n) is 2.11. The topological polar surface area (TPSA) is 51.2 Å². The highest BCUT2D eigenvalue weighted by Crippen LogP contribution is 2.33. The van der Waals surface area contributed by atoms with Crippen molar-refractivity contribution in [1.29, 1.82) is 0 Å². The highest BCUT2D eigenvalue weighted by Gasteiger charge is 2.10. The van der Waals surface area contributed by atoms with E-state index in [9.17, 15) is 4.79 Å². The Balaban J connectivity index is 2.03. The Bertz CT molecular complexity index is 620. The molecule has 22 heavy (non-hydrogen) atoms. The number of nitrogens with one attached hydrogen (secondary N) is 1. The van der Waals surface area contributed by atoms with Gasteiger partial charge >= 0.3 is 0 Å². The first kappa shape index (κ1) is 16.5. The summed E-state index contributed by atoms with van der Waals surface area (Å²) in [5, 5.41) is 3.37. The minimum atomic E-state index is -0.101. The normalized spacial score (nSPS) is 10.5. The first-order chi connectivity index (χ1) is 10.6. The van der Waals surface area contributed by atoms with Crippen LogP contribution >= 0.6 is 11.3 Å². The minimum absolute atomic E-state index is 0.101. The quantitative estimate of drug-likeness (QED) is 0.756. The zero-order valence-corrected chi connectivity index (χ0v) is 14.1. The number of hydrogen-bond donors (Lipinski definition) is 1. The summed E-state index contributed by atoms with van der Waals surface area (Å²) in [6.07, 6.45) is 3.49. The second kappa shape index (κ2) is 7.94. The summed E-state index contributed by atoms with van der Waals surface area (Å²) in [4.78, 5) is 16.5. The second-order valence-electron chi connectivity index (χ2n) is 5.19. The van der Waals surface area contributed by atoms with E-state index in [1.807, 2.05) is 31.2 Å². The van der Waals surface area contributed by atoms with Crippen LogP contribution in [0.4, 0.5) is 5.13 Å². The lowest BCUT2D eigenvalue weighted by atomic mass is 10.1. The molecule has 0 bridgehead atoms. The third-order valence-electron chi connectivity index (χ3n) is 3.21. The van der Waals surface area contributed by atoms with E-state index in [0.717, 1.165) is 34.9 Å². The fourth-order valence-corrected chi connectivity index (χ4v) is 3.13. The summed E-state index contributed by atoms with van der Waals surface area (Å²) < 4.78 is 5.72. The molecule has 0 saturated heterocycles. The van der Waals surface area contributed by atoms with Gasteiger partial charge in [0.2, 0.25) is 5.91 Å². The Hall–Kier alpha value is -1.88. The second-order valence-corrected chi connectivity index (χ2v) is 6.19. The molecule has 0 aliphatic rings. The Morgan fingerprint density at radius 1 is 1.27 bits per heavy atom. The zero-order chi connectivity index (χ0) is 15.9. The molecule has 0 fully saturated rings. The molecule has 0 radical (unpaired) electrons. The Morgan fingerprint density at radius 3 is 2.64 bits per heavy atom. The molecule has 0 atom stereocenters. The number of carbonyl (C=O) groups is 1. The molecule has 1 heterocycles. The van der Waals surface area contributed by atoms with Crippen molar-refractivity contribution in [3.8, 4) is 16.2 Å². The predicted octanol–water partition coefficient (Wildman–Crippen LogP) is 4.65. The lowest BCUT2D eigenvalue weighted by molar-refractivity contribution is -0.114. The Kier molecular flexibility index (Phi) is 5.95. The lowest BCUT2D eigenvalue weighted by Gasteiger charge is -2.06. The third-order valence-corrected chi connectivity index (χ3v) is 4.33. The molecular weight excluding hydrogens is 296 g/mol. The van der Waals surface area contributed by atoms with Gasteiger partial charge in [0.25, 0.3) is 0 Å². The summed E-state index contributed by atoms with van der Waals surface area (Å²) in [7, 11) is 0. The van der Waals surface area contributed by atoms with Gasteiger partial charge in [-0.3, -0.25) is 4.79 Å². The molecule has 0 saturated carbocycles. The monoisotopic (exact) mass is 318 g/mol. The number of rotatable bonds is 7. The van der Waals surface area contributed by atoms with Crippen molar-refractivity contribution in [2.24, 2.45) is 0 Å². The van der Waals surface area contributed by atoms with Gasteiger partial charge in [-0.15, -0.1) is 0 Å². The van der Waals surface area contributed by atoms with Gasteiger partial charge in [0.1, 0.15) is 5.75 Å². The van der Waals surface area contributed by atoms with Crippen LogP contribution in [0.15, 0.2) is 24.3 Å². The molecule has 1 amide bonds. The Labute approximate surface area is 135 Å².